The molecule has 1 N–H and O–H groups in total. The molecule has 1 amide bonds. The third kappa shape index (κ3) is 3.22. The van der Waals surface area contributed by atoms with E-state index in [0.29, 0.717) is 23.5 Å². The van der Waals surface area contributed by atoms with Gasteiger partial charge in [-0.2, -0.15) is 0 Å². The largest absolute Gasteiger partial charge is 0.492 e. The van der Waals surface area contributed by atoms with Gasteiger partial charge in [-0.15, -0.1) is 0 Å². The second-order valence-electron chi connectivity index (χ2n) is 5.31. The summed E-state index contributed by atoms with van der Waals surface area (Å²) in [6, 6.07) is 10.9. The van der Waals surface area contributed by atoms with Crippen LogP contribution in [0.1, 0.15) is 35.4 Å². The van der Waals surface area contributed by atoms with Crippen LogP contribution in [0.25, 0.3) is 0 Å². The van der Waals surface area contributed by atoms with Crippen molar-refractivity contribution in [2.45, 2.75) is 19.4 Å². The molecular weight excluding hydrogens is 313 g/mol. The standard InChI is InChI=1S/C18H16FNO4/c1-2-23-15-8-7-11(19)9-14(15)20-17(21)10-16-12-5-3-4-6-13(12)18(22)24-16/h3-9,16H,2,10H2,1H3,(H,20,21)/t16-/m1/s1. The van der Waals surface area contributed by atoms with E-state index in [9.17, 15) is 14.0 Å². The first kappa shape index (κ1) is 16.0. The number of halogens is 1. The van der Waals surface area contributed by atoms with E-state index >= 15 is 0 Å². The Morgan fingerprint density at radius 2 is 2.08 bits per heavy atom. The molecule has 2 aromatic rings. The Bertz CT molecular complexity index is 790. The highest BCUT2D eigenvalue weighted by molar-refractivity contribution is 5.96. The summed E-state index contributed by atoms with van der Waals surface area (Å²) < 4.78 is 24.0. The van der Waals surface area contributed by atoms with Crippen LogP contribution in [-0.4, -0.2) is 18.5 Å². The summed E-state index contributed by atoms with van der Waals surface area (Å²) in [5, 5.41) is 2.61. The summed E-state index contributed by atoms with van der Waals surface area (Å²) in [6.07, 6.45) is -0.692. The highest BCUT2D eigenvalue weighted by atomic mass is 19.1. The van der Waals surface area contributed by atoms with Gasteiger partial charge in [-0.3, -0.25) is 4.79 Å². The molecule has 0 saturated heterocycles. The number of esters is 1. The van der Waals surface area contributed by atoms with Crippen molar-refractivity contribution in [1.82, 2.24) is 0 Å². The van der Waals surface area contributed by atoms with E-state index < -0.39 is 23.8 Å². The summed E-state index contributed by atoms with van der Waals surface area (Å²) in [4.78, 5) is 24.0. The molecule has 3 rings (SSSR count). The van der Waals surface area contributed by atoms with Crippen molar-refractivity contribution >= 4 is 17.6 Å². The predicted molar refractivity (Wildman–Crippen MR) is 85.4 cm³/mol. The number of anilines is 1. The molecule has 1 atom stereocenters. The summed E-state index contributed by atoms with van der Waals surface area (Å²) in [5.74, 6) is -0.928. The van der Waals surface area contributed by atoms with Crippen molar-refractivity contribution in [1.29, 1.82) is 0 Å². The number of cyclic esters (lactones) is 1. The van der Waals surface area contributed by atoms with Crippen molar-refractivity contribution in [3.63, 3.8) is 0 Å². The molecule has 0 spiro atoms. The lowest BCUT2D eigenvalue weighted by molar-refractivity contribution is -0.118. The topological polar surface area (TPSA) is 64.6 Å². The van der Waals surface area contributed by atoms with E-state index in [4.69, 9.17) is 9.47 Å². The van der Waals surface area contributed by atoms with Gasteiger partial charge in [-0.05, 0) is 25.1 Å². The maximum atomic E-state index is 13.4. The Morgan fingerprint density at radius 1 is 1.29 bits per heavy atom. The average molecular weight is 329 g/mol. The van der Waals surface area contributed by atoms with Crippen LogP contribution in [-0.2, 0) is 9.53 Å². The SMILES string of the molecule is CCOc1ccc(F)cc1NC(=O)C[C@H]1OC(=O)c2ccccc21. The third-order valence-electron chi connectivity index (χ3n) is 3.66. The fourth-order valence-corrected chi connectivity index (χ4v) is 2.62. The van der Waals surface area contributed by atoms with Crippen LogP contribution in [0.3, 0.4) is 0 Å². The second-order valence-corrected chi connectivity index (χ2v) is 5.31. The molecule has 5 nitrogen and oxygen atoms in total. The number of carbonyl (C=O) groups excluding carboxylic acids is 2. The maximum Gasteiger partial charge on any atom is 0.339 e. The smallest absolute Gasteiger partial charge is 0.339 e. The van der Waals surface area contributed by atoms with E-state index in [2.05, 4.69) is 5.32 Å². The van der Waals surface area contributed by atoms with Crippen LogP contribution in [0, 0.1) is 5.82 Å². The monoisotopic (exact) mass is 329 g/mol. The molecule has 0 bridgehead atoms. The molecule has 2 aromatic carbocycles. The van der Waals surface area contributed by atoms with Crippen LogP contribution in [0.4, 0.5) is 10.1 Å². The van der Waals surface area contributed by atoms with Gasteiger partial charge in [0.15, 0.2) is 0 Å². The molecule has 24 heavy (non-hydrogen) atoms. The quantitative estimate of drug-likeness (QED) is 0.853. The summed E-state index contributed by atoms with van der Waals surface area (Å²) in [6.45, 7) is 2.19. The lowest BCUT2D eigenvalue weighted by Crippen LogP contribution is -2.16. The molecule has 0 aliphatic carbocycles. The molecule has 1 heterocycles. The molecule has 0 radical (unpaired) electrons. The lowest BCUT2D eigenvalue weighted by Gasteiger charge is -2.14. The molecular formula is C18H16FNO4. The minimum absolute atomic E-state index is 0.0508. The first-order chi connectivity index (χ1) is 11.6. The molecule has 1 aliphatic heterocycles. The molecule has 0 fully saturated rings. The van der Waals surface area contributed by atoms with Gasteiger partial charge >= 0.3 is 5.97 Å². The van der Waals surface area contributed by atoms with Crippen molar-refractivity contribution in [2.24, 2.45) is 0 Å². The first-order valence-corrected chi connectivity index (χ1v) is 7.60. The Labute approximate surface area is 138 Å². The predicted octanol–water partition coefficient (Wildman–Crippen LogP) is 3.46. The van der Waals surface area contributed by atoms with Crippen molar-refractivity contribution in [3.8, 4) is 5.75 Å². The summed E-state index contributed by atoms with van der Waals surface area (Å²) in [7, 11) is 0. The lowest BCUT2D eigenvalue weighted by atomic mass is 10.0. The van der Waals surface area contributed by atoms with Gasteiger partial charge in [0.25, 0.3) is 0 Å². The first-order valence-electron chi connectivity index (χ1n) is 7.60. The van der Waals surface area contributed by atoms with Crippen LogP contribution >= 0.6 is 0 Å². The minimum Gasteiger partial charge on any atom is -0.492 e. The molecule has 6 heteroatoms. The van der Waals surface area contributed by atoms with Crippen LogP contribution in [0.5, 0.6) is 5.75 Å². The van der Waals surface area contributed by atoms with E-state index in [1.54, 1.807) is 31.2 Å². The molecule has 0 aromatic heterocycles. The van der Waals surface area contributed by atoms with Gasteiger partial charge < -0.3 is 14.8 Å². The van der Waals surface area contributed by atoms with Gasteiger partial charge in [0.1, 0.15) is 17.7 Å². The fourth-order valence-electron chi connectivity index (χ4n) is 2.62. The zero-order chi connectivity index (χ0) is 17.1. The van der Waals surface area contributed by atoms with Gasteiger partial charge in [-0.25, -0.2) is 9.18 Å². The summed E-state index contributed by atoms with van der Waals surface area (Å²) >= 11 is 0. The van der Waals surface area contributed by atoms with Gasteiger partial charge in [0.2, 0.25) is 5.91 Å². The Balaban J connectivity index is 1.73. The molecule has 1 aliphatic rings. The number of benzene rings is 2. The van der Waals surface area contributed by atoms with E-state index in [1.165, 1.54) is 18.2 Å². The summed E-state index contributed by atoms with van der Waals surface area (Å²) in [5.41, 5.74) is 1.40. The van der Waals surface area contributed by atoms with E-state index in [0.717, 1.165) is 0 Å². The second kappa shape index (κ2) is 6.70. The fraction of sp³-hybridized carbons (Fsp3) is 0.222. The minimum atomic E-state index is -0.641. The van der Waals surface area contributed by atoms with Gasteiger partial charge in [-0.1, -0.05) is 18.2 Å². The zero-order valence-corrected chi connectivity index (χ0v) is 13.0. The van der Waals surface area contributed by atoms with E-state index in [1.807, 2.05) is 0 Å². The van der Waals surface area contributed by atoms with E-state index in [-0.39, 0.29) is 12.1 Å². The number of hydrogen-bond donors (Lipinski definition) is 1. The van der Waals surface area contributed by atoms with Crippen molar-refractivity contribution in [2.75, 3.05) is 11.9 Å². The molecule has 124 valence electrons. The Kier molecular flexibility index (Phi) is 4.46. The number of amides is 1. The number of hydrogen-bond acceptors (Lipinski definition) is 4. The van der Waals surface area contributed by atoms with Crippen LogP contribution in [0.2, 0.25) is 0 Å². The Hall–Kier alpha value is -2.89. The number of carbonyl (C=O) groups is 2. The number of ether oxygens (including phenoxy) is 2. The molecule has 0 saturated carbocycles. The highest BCUT2D eigenvalue weighted by Gasteiger charge is 2.32. The third-order valence-corrected chi connectivity index (χ3v) is 3.66. The van der Waals surface area contributed by atoms with Gasteiger partial charge in [0, 0.05) is 11.6 Å². The van der Waals surface area contributed by atoms with Crippen LogP contribution < -0.4 is 10.1 Å². The maximum absolute atomic E-state index is 13.4. The number of nitrogens with one attached hydrogen (secondary N) is 1. The number of rotatable bonds is 5. The molecule has 0 unspecified atom stereocenters. The Morgan fingerprint density at radius 3 is 2.88 bits per heavy atom. The zero-order valence-electron chi connectivity index (χ0n) is 13.0. The number of fused-ring (bicyclic) bond motifs is 1. The van der Waals surface area contributed by atoms with Crippen molar-refractivity contribution < 1.29 is 23.5 Å². The van der Waals surface area contributed by atoms with Crippen LogP contribution in [0.15, 0.2) is 42.5 Å². The van der Waals surface area contributed by atoms with Crippen molar-refractivity contribution in [3.05, 3.63) is 59.4 Å². The van der Waals surface area contributed by atoms with Gasteiger partial charge in [0.05, 0.1) is 24.3 Å². The average Bonchev–Trinajstić information content (AvgIpc) is 2.87. The normalized spacial score (nSPS) is 15.6. The highest BCUT2D eigenvalue weighted by Crippen LogP contribution is 2.33.